The van der Waals surface area contributed by atoms with Gasteiger partial charge in [0, 0.05) is 19.6 Å². The lowest BCUT2D eigenvalue weighted by Crippen LogP contribution is -2.43. The van der Waals surface area contributed by atoms with E-state index in [1.165, 1.54) is 7.11 Å². The summed E-state index contributed by atoms with van der Waals surface area (Å²) in [5.74, 6) is -2.06. The highest BCUT2D eigenvalue weighted by Gasteiger charge is 2.29. The number of carbonyl (C=O) groups is 3. The Hall–Kier alpha value is -3.39. The van der Waals surface area contributed by atoms with Crippen LogP contribution in [0.5, 0.6) is 0 Å². The van der Waals surface area contributed by atoms with Gasteiger partial charge in [-0.05, 0) is 28.7 Å². The van der Waals surface area contributed by atoms with Gasteiger partial charge in [0.15, 0.2) is 6.10 Å². The molecule has 0 radical (unpaired) electrons. The minimum Gasteiger partial charge on any atom is -0.479 e. The fourth-order valence-electron chi connectivity index (χ4n) is 3.89. The highest BCUT2D eigenvalue weighted by molar-refractivity contribution is 5.81. The van der Waals surface area contributed by atoms with Crippen molar-refractivity contribution in [2.75, 3.05) is 26.8 Å². The molecule has 1 aliphatic carbocycles. The summed E-state index contributed by atoms with van der Waals surface area (Å²) in [5, 5.41) is 14.2. The maximum atomic E-state index is 12.3. The molecule has 0 aliphatic heterocycles. The molecule has 170 valence electrons. The van der Waals surface area contributed by atoms with E-state index in [1.807, 2.05) is 43.3 Å². The van der Waals surface area contributed by atoms with Crippen LogP contribution < -0.4 is 10.6 Å². The third-order valence-corrected chi connectivity index (χ3v) is 5.72. The predicted molar refractivity (Wildman–Crippen MR) is 118 cm³/mol. The standard InChI is InChI=1S/C24H28N2O6/c1-3-15(22(27)25-13-21(31-2)23(28)29)12-26-24(30)32-14-20-18-10-6-4-8-16(18)17-9-5-7-11-19(17)20/h4-11,15,20-21H,3,12-14H2,1-2H3,(H,25,27)(H,26,30)(H,28,29). The maximum absolute atomic E-state index is 12.3. The number of amides is 2. The van der Waals surface area contributed by atoms with E-state index in [4.69, 9.17) is 14.6 Å². The number of alkyl carbamates (subject to hydrolysis) is 1. The van der Waals surface area contributed by atoms with Crippen molar-refractivity contribution in [3.8, 4) is 11.1 Å². The van der Waals surface area contributed by atoms with Crippen LogP contribution in [-0.4, -0.2) is 56.0 Å². The zero-order chi connectivity index (χ0) is 23.1. The Morgan fingerprint density at radius 2 is 1.56 bits per heavy atom. The lowest BCUT2D eigenvalue weighted by molar-refractivity contribution is -0.148. The lowest BCUT2D eigenvalue weighted by Gasteiger charge is -2.18. The normalized spacial score (nSPS) is 14.1. The summed E-state index contributed by atoms with van der Waals surface area (Å²) in [6.07, 6.45) is -1.25. The Balaban J connectivity index is 1.52. The second-order valence-electron chi connectivity index (χ2n) is 7.62. The Morgan fingerprint density at radius 3 is 2.09 bits per heavy atom. The largest absolute Gasteiger partial charge is 0.479 e. The fraction of sp³-hybridized carbons (Fsp3) is 0.375. The average Bonchev–Trinajstić information content (AvgIpc) is 3.12. The molecule has 0 fully saturated rings. The summed E-state index contributed by atoms with van der Waals surface area (Å²) in [5.41, 5.74) is 4.54. The van der Waals surface area contributed by atoms with Gasteiger partial charge in [0.05, 0.1) is 12.5 Å². The minimum absolute atomic E-state index is 0.0413. The highest BCUT2D eigenvalue weighted by atomic mass is 16.5. The Kier molecular flexibility index (Phi) is 7.83. The molecule has 32 heavy (non-hydrogen) atoms. The van der Waals surface area contributed by atoms with Gasteiger partial charge in [-0.1, -0.05) is 55.5 Å². The smallest absolute Gasteiger partial charge is 0.407 e. The van der Waals surface area contributed by atoms with Gasteiger partial charge < -0.3 is 25.2 Å². The van der Waals surface area contributed by atoms with Crippen molar-refractivity contribution in [2.24, 2.45) is 5.92 Å². The van der Waals surface area contributed by atoms with Crippen molar-refractivity contribution in [1.29, 1.82) is 0 Å². The first-order valence-corrected chi connectivity index (χ1v) is 10.6. The van der Waals surface area contributed by atoms with Crippen molar-refractivity contribution < 1.29 is 29.0 Å². The van der Waals surface area contributed by atoms with Crippen LogP contribution in [0.1, 0.15) is 30.4 Å². The molecule has 2 aromatic carbocycles. The number of hydrogen-bond donors (Lipinski definition) is 3. The van der Waals surface area contributed by atoms with Crippen LogP contribution in [0.2, 0.25) is 0 Å². The van der Waals surface area contributed by atoms with Crippen LogP contribution in [0.15, 0.2) is 48.5 Å². The quantitative estimate of drug-likeness (QED) is 0.524. The number of carbonyl (C=O) groups excluding carboxylic acids is 2. The van der Waals surface area contributed by atoms with Gasteiger partial charge in [-0.3, -0.25) is 4.79 Å². The van der Waals surface area contributed by atoms with Gasteiger partial charge in [-0.15, -0.1) is 0 Å². The first kappa shape index (κ1) is 23.3. The summed E-state index contributed by atoms with van der Waals surface area (Å²) in [6, 6.07) is 16.2. The number of hydrogen-bond acceptors (Lipinski definition) is 5. The highest BCUT2D eigenvalue weighted by Crippen LogP contribution is 2.44. The Labute approximate surface area is 186 Å². The van der Waals surface area contributed by atoms with Gasteiger partial charge in [0.1, 0.15) is 6.61 Å². The molecule has 3 N–H and O–H groups in total. The number of aliphatic carboxylic acids is 1. The molecular formula is C24H28N2O6. The minimum atomic E-state index is -1.15. The molecule has 0 saturated carbocycles. The SMILES string of the molecule is CCC(CNC(=O)OCC1c2ccccc2-c2ccccc21)C(=O)NCC(OC)C(=O)O. The third-order valence-electron chi connectivity index (χ3n) is 5.72. The van der Waals surface area contributed by atoms with Crippen LogP contribution in [0.25, 0.3) is 11.1 Å². The zero-order valence-electron chi connectivity index (χ0n) is 18.2. The fourth-order valence-corrected chi connectivity index (χ4v) is 3.89. The molecule has 8 heteroatoms. The van der Waals surface area contributed by atoms with Gasteiger partial charge in [-0.2, -0.15) is 0 Å². The first-order valence-electron chi connectivity index (χ1n) is 10.6. The summed E-state index contributed by atoms with van der Waals surface area (Å²) in [7, 11) is 1.26. The monoisotopic (exact) mass is 440 g/mol. The summed E-state index contributed by atoms with van der Waals surface area (Å²) in [6.45, 7) is 1.95. The average molecular weight is 440 g/mol. The van der Waals surface area contributed by atoms with Crippen LogP contribution in [-0.2, 0) is 19.1 Å². The Bertz CT molecular complexity index is 931. The van der Waals surface area contributed by atoms with Crippen LogP contribution in [0.4, 0.5) is 4.79 Å². The number of rotatable bonds is 10. The molecule has 0 heterocycles. The first-order chi connectivity index (χ1) is 15.5. The molecule has 3 rings (SSSR count). The molecule has 2 aromatic rings. The molecule has 2 amide bonds. The molecule has 0 saturated heterocycles. The third kappa shape index (κ3) is 5.26. The number of carboxylic acids is 1. The summed E-state index contributed by atoms with van der Waals surface area (Å²) >= 11 is 0. The van der Waals surface area contributed by atoms with E-state index in [0.29, 0.717) is 6.42 Å². The molecule has 0 bridgehead atoms. The second kappa shape index (κ2) is 10.8. The van der Waals surface area contributed by atoms with Gasteiger partial charge >= 0.3 is 12.1 Å². The number of methoxy groups -OCH3 is 1. The van der Waals surface area contributed by atoms with Crippen molar-refractivity contribution in [2.45, 2.75) is 25.4 Å². The topological polar surface area (TPSA) is 114 Å². The summed E-state index contributed by atoms with van der Waals surface area (Å²) < 4.78 is 10.3. The van der Waals surface area contributed by atoms with E-state index in [1.54, 1.807) is 0 Å². The molecule has 8 nitrogen and oxygen atoms in total. The molecule has 1 aliphatic rings. The zero-order valence-corrected chi connectivity index (χ0v) is 18.2. The van der Waals surface area contributed by atoms with E-state index in [0.717, 1.165) is 22.3 Å². The number of nitrogens with one attached hydrogen (secondary N) is 2. The second-order valence-corrected chi connectivity index (χ2v) is 7.62. The van der Waals surface area contributed by atoms with Crippen molar-refractivity contribution in [3.63, 3.8) is 0 Å². The van der Waals surface area contributed by atoms with E-state index < -0.39 is 24.1 Å². The van der Waals surface area contributed by atoms with Gasteiger partial charge in [0.25, 0.3) is 0 Å². The lowest BCUT2D eigenvalue weighted by atomic mass is 9.98. The molecule has 2 atom stereocenters. The van der Waals surface area contributed by atoms with Crippen LogP contribution >= 0.6 is 0 Å². The summed E-state index contributed by atoms with van der Waals surface area (Å²) in [4.78, 5) is 35.6. The van der Waals surface area contributed by atoms with Crippen molar-refractivity contribution in [3.05, 3.63) is 59.7 Å². The van der Waals surface area contributed by atoms with Gasteiger partial charge in [0.2, 0.25) is 5.91 Å². The van der Waals surface area contributed by atoms with Crippen molar-refractivity contribution in [1.82, 2.24) is 10.6 Å². The van der Waals surface area contributed by atoms with E-state index in [2.05, 4.69) is 22.8 Å². The van der Waals surface area contributed by atoms with Crippen molar-refractivity contribution >= 4 is 18.0 Å². The van der Waals surface area contributed by atoms with Gasteiger partial charge in [-0.25, -0.2) is 9.59 Å². The van der Waals surface area contributed by atoms with Crippen LogP contribution in [0, 0.1) is 5.92 Å². The number of benzene rings is 2. The number of fused-ring (bicyclic) bond motifs is 3. The molecule has 0 aromatic heterocycles. The van der Waals surface area contributed by atoms with E-state index in [9.17, 15) is 14.4 Å². The Morgan fingerprint density at radius 1 is 0.969 bits per heavy atom. The number of ether oxygens (including phenoxy) is 2. The predicted octanol–water partition coefficient (Wildman–Crippen LogP) is 2.77. The van der Waals surface area contributed by atoms with Crippen LogP contribution in [0.3, 0.4) is 0 Å². The molecule has 2 unspecified atom stereocenters. The number of carboxylic acid groups (broad SMARTS) is 1. The molecule has 0 spiro atoms. The van der Waals surface area contributed by atoms with E-state index in [-0.39, 0.29) is 31.5 Å². The van der Waals surface area contributed by atoms with E-state index >= 15 is 0 Å². The maximum Gasteiger partial charge on any atom is 0.407 e. The molecular weight excluding hydrogens is 412 g/mol.